The third-order valence-corrected chi connectivity index (χ3v) is 5.55. The van der Waals surface area contributed by atoms with E-state index in [1.54, 1.807) is 0 Å². The first-order chi connectivity index (χ1) is 11.7. The van der Waals surface area contributed by atoms with E-state index in [0.29, 0.717) is 12.2 Å². The molecule has 1 fully saturated rings. The standard InChI is InChI=1S/C16H17Cl2F3N2OS/c1-2-3-6-22-15(10-4-5-10)23-13-8-14(12(18)7-11(13)17)25(24)9-16(19,20)21/h2-3,7-8,10H,4-6,9H2,1H3,(H,22,23). The molecule has 0 saturated heterocycles. The van der Waals surface area contributed by atoms with E-state index < -0.39 is 22.7 Å². The Balaban J connectivity index is 2.26. The summed E-state index contributed by atoms with van der Waals surface area (Å²) in [6, 6.07) is 2.60. The van der Waals surface area contributed by atoms with Gasteiger partial charge in [-0.3, -0.25) is 9.20 Å². The van der Waals surface area contributed by atoms with Gasteiger partial charge in [0.15, 0.2) is 0 Å². The zero-order chi connectivity index (χ0) is 18.6. The molecule has 1 N–H and O–H groups in total. The monoisotopic (exact) mass is 412 g/mol. The molecule has 1 saturated carbocycles. The van der Waals surface area contributed by atoms with Crippen LogP contribution in [0.25, 0.3) is 0 Å². The van der Waals surface area contributed by atoms with Crippen LogP contribution in [0.2, 0.25) is 10.0 Å². The maximum absolute atomic E-state index is 12.5. The van der Waals surface area contributed by atoms with E-state index in [1.807, 2.05) is 19.1 Å². The molecular weight excluding hydrogens is 396 g/mol. The minimum absolute atomic E-state index is 0.0584. The van der Waals surface area contributed by atoms with Crippen LogP contribution in [0.1, 0.15) is 19.8 Å². The number of benzene rings is 1. The number of halogens is 5. The van der Waals surface area contributed by atoms with Crippen LogP contribution in [0.3, 0.4) is 0 Å². The van der Waals surface area contributed by atoms with Gasteiger partial charge in [-0.05, 0) is 31.9 Å². The molecule has 2 rings (SSSR count). The summed E-state index contributed by atoms with van der Waals surface area (Å²) in [5.74, 6) is -0.463. The maximum atomic E-state index is 12.5. The Morgan fingerprint density at radius 2 is 2.04 bits per heavy atom. The molecule has 1 aromatic rings. The van der Waals surface area contributed by atoms with Crippen molar-refractivity contribution in [3.63, 3.8) is 0 Å². The van der Waals surface area contributed by atoms with Crippen LogP contribution >= 0.6 is 23.2 Å². The van der Waals surface area contributed by atoms with Gasteiger partial charge >= 0.3 is 6.18 Å². The fourth-order valence-electron chi connectivity index (χ4n) is 2.05. The van der Waals surface area contributed by atoms with Gasteiger partial charge in [-0.1, -0.05) is 35.4 Å². The smallest absolute Gasteiger partial charge is 0.343 e. The van der Waals surface area contributed by atoms with Crippen LogP contribution in [0.4, 0.5) is 18.9 Å². The molecule has 1 aliphatic carbocycles. The Morgan fingerprint density at radius 3 is 2.60 bits per heavy atom. The molecule has 0 amide bonds. The molecule has 1 atom stereocenters. The number of alkyl halides is 3. The van der Waals surface area contributed by atoms with Crippen molar-refractivity contribution >= 4 is 45.5 Å². The van der Waals surface area contributed by atoms with Crippen molar-refractivity contribution in [2.45, 2.75) is 30.8 Å². The second-order valence-corrected chi connectivity index (χ2v) is 7.80. The van der Waals surface area contributed by atoms with E-state index in [4.69, 9.17) is 23.2 Å². The summed E-state index contributed by atoms with van der Waals surface area (Å²) in [5.41, 5.74) is 0.350. The van der Waals surface area contributed by atoms with Crippen molar-refractivity contribution in [1.82, 2.24) is 0 Å². The Labute approximate surface area is 156 Å². The molecule has 1 unspecified atom stereocenters. The quantitative estimate of drug-likeness (QED) is 0.382. The van der Waals surface area contributed by atoms with Crippen molar-refractivity contribution in [2.75, 3.05) is 17.6 Å². The number of aliphatic imine (C=N–C) groups is 1. The number of allylic oxidation sites excluding steroid dienone is 1. The molecule has 0 spiro atoms. The Morgan fingerprint density at radius 1 is 1.36 bits per heavy atom. The topological polar surface area (TPSA) is 41.5 Å². The average Bonchev–Trinajstić information content (AvgIpc) is 3.31. The van der Waals surface area contributed by atoms with Crippen molar-refractivity contribution in [3.05, 3.63) is 34.3 Å². The molecule has 0 bridgehead atoms. The van der Waals surface area contributed by atoms with Gasteiger partial charge in [0.05, 0.1) is 38.0 Å². The number of anilines is 1. The van der Waals surface area contributed by atoms with Crippen LogP contribution in [0.5, 0.6) is 0 Å². The van der Waals surface area contributed by atoms with Crippen LogP contribution < -0.4 is 5.32 Å². The molecule has 25 heavy (non-hydrogen) atoms. The molecule has 3 nitrogen and oxygen atoms in total. The highest BCUT2D eigenvalue weighted by Gasteiger charge is 2.32. The van der Waals surface area contributed by atoms with Gasteiger partial charge in [0.2, 0.25) is 0 Å². The van der Waals surface area contributed by atoms with E-state index in [9.17, 15) is 17.4 Å². The van der Waals surface area contributed by atoms with E-state index in [2.05, 4.69) is 10.3 Å². The predicted octanol–water partition coefficient (Wildman–Crippen LogP) is 5.46. The van der Waals surface area contributed by atoms with Crippen LogP contribution in [0, 0.1) is 5.92 Å². The Hall–Kier alpha value is -1.05. The van der Waals surface area contributed by atoms with E-state index in [-0.39, 0.29) is 20.9 Å². The molecule has 9 heteroatoms. The maximum Gasteiger partial charge on any atom is 0.400 e. The van der Waals surface area contributed by atoms with Gasteiger partial charge in [-0.2, -0.15) is 13.2 Å². The minimum atomic E-state index is -4.55. The number of nitrogens with one attached hydrogen (secondary N) is 1. The van der Waals surface area contributed by atoms with Gasteiger partial charge in [0.1, 0.15) is 11.6 Å². The highest BCUT2D eigenvalue weighted by molar-refractivity contribution is 7.85. The van der Waals surface area contributed by atoms with E-state index in [0.717, 1.165) is 18.7 Å². The van der Waals surface area contributed by atoms with Gasteiger partial charge in [-0.25, -0.2) is 0 Å². The number of amidine groups is 1. The molecule has 1 aliphatic rings. The average molecular weight is 413 g/mol. The van der Waals surface area contributed by atoms with Crippen molar-refractivity contribution in [1.29, 1.82) is 0 Å². The van der Waals surface area contributed by atoms with Crippen LogP contribution in [0.15, 0.2) is 34.2 Å². The molecule has 0 aliphatic heterocycles. The van der Waals surface area contributed by atoms with Gasteiger partial charge in [0.25, 0.3) is 0 Å². The number of hydrogen-bond donors (Lipinski definition) is 1. The molecule has 0 heterocycles. The second-order valence-electron chi connectivity index (χ2n) is 5.56. The van der Waals surface area contributed by atoms with Crippen molar-refractivity contribution in [2.24, 2.45) is 10.9 Å². The lowest BCUT2D eigenvalue weighted by molar-refractivity contribution is -0.105. The summed E-state index contributed by atoms with van der Waals surface area (Å²) < 4.78 is 49.5. The van der Waals surface area contributed by atoms with E-state index in [1.165, 1.54) is 12.1 Å². The SMILES string of the molecule is CC=CCN=C(Nc1cc(S(=O)CC(F)(F)F)c(Cl)cc1Cl)C1CC1. The first kappa shape index (κ1) is 20.3. The number of rotatable bonds is 6. The predicted molar refractivity (Wildman–Crippen MR) is 97.3 cm³/mol. The minimum Gasteiger partial charge on any atom is -0.343 e. The summed E-state index contributed by atoms with van der Waals surface area (Å²) in [5, 5.41) is 3.24. The first-order valence-corrected chi connectivity index (χ1v) is 9.65. The molecule has 0 aromatic heterocycles. The summed E-state index contributed by atoms with van der Waals surface area (Å²) in [7, 11) is -2.31. The summed E-state index contributed by atoms with van der Waals surface area (Å²) in [6.45, 7) is 2.38. The summed E-state index contributed by atoms with van der Waals surface area (Å²) in [4.78, 5) is 4.34. The molecule has 1 aromatic carbocycles. The number of nitrogens with zero attached hydrogens (tertiary/aromatic N) is 1. The van der Waals surface area contributed by atoms with Crippen molar-refractivity contribution in [3.8, 4) is 0 Å². The first-order valence-electron chi connectivity index (χ1n) is 7.58. The fourth-order valence-corrected chi connectivity index (χ4v) is 3.71. The van der Waals surface area contributed by atoms with Crippen molar-refractivity contribution < 1.29 is 17.4 Å². The fraction of sp³-hybridized carbons (Fsp3) is 0.438. The lowest BCUT2D eigenvalue weighted by Gasteiger charge is -2.14. The molecular formula is C16H17Cl2F3N2OS. The zero-order valence-electron chi connectivity index (χ0n) is 13.4. The zero-order valence-corrected chi connectivity index (χ0v) is 15.7. The number of hydrogen-bond acceptors (Lipinski definition) is 2. The normalized spacial score (nSPS) is 17.1. The van der Waals surface area contributed by atoms with Crippen LogP contribution in [-0.2, 0) is 10.8 Å². The van der Waals surface area contributed by atoms with Gasteiger partial charge < -0.3 is 5.32 Å². The third kappa shape index (κ3) is 6.31. The Kier molecular flexibility index (Phi) is 6.93. The third-order valence-electron chi connectivity index (χ3n) is 3.39. The summed E-state index contributed by atoms with van der Waals surface area (Å²) >= 11 is 12.1. The largest absolute Gasteiger partial charge is 0.400 e. The molecule has 0 radical (unpaired) electrons. The highest BCUT2D eigenvalue weighted by Crippen LogP contribution is 2.36. The lowest BCUT2D eigenvalue weighted by Crippen LogP contribution is -2.19. The second kappa shape index (κ2) is 8.56. The summed E-state index contributed by atoms with van der Waals surface area (Å²) in [6.07, 6.45) is 1.19. The lowest BCUT2D eigenvalue weighted by atomic mass is 10.3. The molecule has 138 valence electrons. The van der Waals surface area contributed by atoms with Gasteiger partial charge in [0, 0.05) is 5.92 Å². The van der Waals surface area contributed by atoms with Gasteiger partial charge in [-0.15, -0.1) is 0 Å². The highest BCUT2D eigenvalue weighted by atomic mass is 35.5. The van der Waals surface area contributed by atoms with E-state index >= 15 is 0 Å². The van der Waals surface area contributed by atoms with Crippen LogP contribution in [-0.4, -0.2) is 28.5 Å². The Bertz CT molecular complexity index is 716.